The highest BCUT2D eigenvalue weighted by Gasteiger charge is 2.22. The summed E-state index contributed by atoms with van der Waals surface area (Å²) in [5, 5.41) is 1.17. The Hall–Kier alpha value is -0.440. The fourth-order valence-electron chi connectivity index (χ4n) is 0.824. The van der Waals surface area contributed by atoms with Gasteiger partial charge in [0.05, 0.1) is 0 Å². The lowest BCUT2D eigenvalue weighted by atomic mass is 9.91. The first-order valence-electron chi connectivity index (χ1n) is 4.43. The second kappa shape index (κ2) is 3.52. The molecule has 2 nitrogen and oxygen atoms in total. The molecular weight excluding hydrogens is 168 g/mol. The van der Waals surface area contributed by atoms with E-state index in [4.69, 9.17) is 0 Å². The lowest BCUT2D eigenvalue weighted by Gasteiger charge is -2.17. The van der Waals surface area contributed by atoms with Crippen molar-refractivity contribution in [3.63, 3.8) is 0 Å². The SMILES string of the molecule is CCc1nsc(C(C)(C)CC)n1. The maximum absolute atomic E-state index is 4.48. The van der Waals surface area contributed by atoms with Gasteiger partial charge in [0.1, 0.15) is 10.8 Å². The van der Waals surface area contributed by atoms with Gasteiger partial charge in [-0.15, -0.1) is 0 Å². The molecule has 0 aliphatic rings. The number of nitrogens with zero attached hydrogens (tertiary/aromatic N) is 2. The molecule has 0 N–H and O–H groups in total. The van der Waals surface area contributed by atoms with Crippen LogP contribution in [-0.2, 0) is 11.8 Å². The summed E-state index contributed by atoms with van der Waals surface area (Å²) in [5.74, 6) is 0.983. The summed E-state index contributed by atoms with van der Waals surface area (Å²) in [6, 6.07) is 0. The third kappa shape index (κ3) is 1.83. The highest BCUT2D eigenvalue weighted by atomic mass is 32.1. The number of rotatable bonds is 3. The summed E-state index contributed by atoms with van der Waals surface area (Å²) in [4.78, 5) is 4.48. The van der Waals surface area contributed by atoms with E-state index < -0.39 is 0 Å². The lowest BCUT2D eigenvalue weighted by molar-refractivity contribution is 0.502. The summed E-state index contributed by atoms with van der Waals surface area (Å²) in [6.07, 6.45) is 2.06. The molecule has 0 bridgehead atoms. The zero-order chi connectivity index (χ0) is 9.19. The minimum Gasteiger partial charge on any atom is -0.224 e. The molecule has 0 unspecified atom stereocenters. The van der Waals surface area contributed by atoms with Crippen molar-refractivity contribution in [2.75, 3.05) is 0 Å². The van der Waals surface area contributed by atoms with E-state index in [-0.39, 0.29) is 5.41 Å². The molecule has 0 aromatic carbocycles. The van der Waals surface area contributed by atoms with E-state index in [1.807, 2.05) is 0 Å². The fraction of sp³-hybridized carbons (Fsp3) is 0.778. The number of hydrogen-bond acceptors (Lipinski definition) is 3. The largest absolute Gasteiger partial charge is 0.224 e. The lowest BCUT2D eigenvalue weighted by Crippen LogP contribution is -2.14. The van der Waals surface area contributed by atoms with Crippen molar-refractivity contribution in [3.05, 3.63) is 10.8 Å². The summed E-state index contributed by atoms with van der Waals surface area (Å²) < 4.78 is 4.28. The van der Waals surface area contributed by atoms with Gasteiger partial charge in [-0.1, -0.05) is 27.7 Å². The summed E-state index contributed by atoms with van der Waals surface area (Å²) in [5.41, 5.74) is 0.199. The van der Waals surface area contributed by atoms with Gasteiger partial charge in [-0.2, -0.15) is 4.37 Å². The van der Waals surface area contributed by atoms with E-state index in [9.17, 15) is 0 Å². The number of aromatic nitrogens is 2. The van der Waals surface area contributed by atoms with Crippen molar-refractivity contribution < 1.29 is 0 Å². The fourth-order valence-corrected chi connectivity index (χ4v) is 1.72. The van der Waals surface area contributed by atoms with Crippen molar-refractivity contribution in [3.8, 4) is 0 Å². The maximum atomic E-state index is 4.48. The molecule has 0 aliphatic heterocycles. The van der Waals surface area contributed by atoms with Gasteiger partial charge in [-0.05, 0) is 18.0 Å². The maximum Gasteiger partial charge on any atom is 0.142 e. The Morgan fingerprint density at radius 3 is 2.42 bits per heavy atom. The second-order valence-corrected chi connectivity index (χ2v) is 4.36. The highest BCUT2D eigenvalue weighted by Crippen LogP contribution is 2.27. The molecule has 0 saturated carbocycles. The van der Waals surface area contributed by atoms with Crippen molar-refractivity contribution in [1.29, 1.82) is 0 Å². The molecule has 1 aromatic heterocycles. The molecule has 3 heteroatoms. The zero-order valence-corrected chi connectivity index (χ0v) is 9.03. The van der Waals surface area contributed by atoms with Crippen LogP contribution in [0.25, 0.3) is 0 Å². The van der Waals surface area contributed by atoms with Crippen LogP contribution < -0.4 is 0 Å². The Morgan fingerprint density at radius 1 is 1.33 bits per heavy atom. The minimum atomic E-state index is 0.199. The molecule has 0 radical (unpaired) electrons. The van der Waals surface area contributed by atoms with E-state index in [2.05, 4.69) is 37.1 Å². The topological polar surface area (TPSA) is 25.8 Å². The van der Waals surface area contributed by atoms with Gasteiger partial charge in [0, 0.05) is 11.8 Å². The van der Waals surface area contributed by atoms with Crippen LogP contribution in [-0.4, -0.2) is 9.36 Å². The quantitative estimate of drug-likeness (QED) is 0.722. The number of aryl methyl sites for hydroxylation is 1. The molecule has 1 heterocycles. The molecule has 0 atom stereocenters. The molecule has 12 heavy (non-hydrogen) atoms. The van der Waals surface area contributed by atoms with Crippen LogP contribution in [0.15, 0.2) is 0 Å². The third-order valence-electron chi connectivity index (χ3n) is 2.25. The van der Waals surface area contributed by atoms with Gasteiger partial charge in [0.15, 0.2) is 0 Å². The first-order valence-corrected chi connectivity index (χ1v) is 5.20. The normalized spacial score (nSPS) is 12.0. The van der Waals surface area contributed by atoms with E-state index in [0.29, 0.717) is 0 Å². The van der Waals surface area contributed by atoms with Gasteiger partial charge in [0.25, 0.3) is 0 Å². The predicted octanol–water partition coefficient (Wildman–Crippen LogP) is 2.79. The van der Waals surface area contributed by atoms with E-state index in [1.54, 1.807) is 11.5 Å². The average molecular weight is 184 g/mol. The second-order valence-electron chi connectivity index (χ2n) is 3.61. The van der Waals surface area contributed by atoms with Crippen LogP contribution in [0.1, 0.15) is 44.9 Å². The van der Waals surface area contributed by atoms with E-state index in [1.165, 1.54) is 5.01 Å². The van der Waals surface area contributed by atoms with Crippen LogP contribution in [0.3, 0.4) is 0 Å². The van der Waals surface area contributed by atoms with Crippen LogP contribution in [0.4, 0.5) is 0 Å². The molecule has 0 spiro atoms. The summed E-state index contributed by atoms with van der Waals surface area (Å²) in [7, 11) is 0. The Bertz CT molecular complexity index is 253. The molecule has 1 aromatic rings. The Kier molecular flexibility index (Phi) is 2.83. The van der Waals surface area contributed by atoms with Crippen molar-refractivity contribution in [2.45, 2.75) is 46.0 Å². The van der Waals surface area contributed by atoms with Crippen molar-refractivity contribution in [2.24, 2.45) is 0 Å². The Labute approximate surface area is 78.2 Å². The predicted molar refractivity (Wildman–Crippen MR) is 52.6 cm³/mol. The highest BCUT2D eigenvalue weighted by molar-refractivity contribution is 7.05. The summed E-state index contributed by atoms with van der Waals surface area (Å²) in [6.45, 7) is 8.71. The van der Waals surface area contributed by atoms with Crippen molar-refractivity contribution in [1.82, 2.24) is 9.36 Å². The zero-order valence-electron chi connectivity index (χ0n) is 8.22. The molecular formula is C9H16N2S. The number of hydrogen-bond donors (Lipinski definition) is 0. The molecule has 68 valence electrons. The van der Waals surface area contributed by atoms with Crippen LogP contribution in [0, 0.1) is 0 Å². The third-order valence-corrected chi connectivity index (χ3v) is 3.37. The van der Waals surface area contributed by atoms with Crippen LogP contribution in [0.2, 0.25) is 0 Å². The molecule has 0 saturated heterocycles. The van der Waals surface area contributed by atoms with Gasteiger partial charge in [-0.25, -0.2) is 4.98 Å². The van der Waals surface area contributed by atoms with E-state index >= 15 is 0 Å². The Morgan fingerprint density at radius 2 is 2.00 bits per heavy atom. The minimum absolute atomic E-state index is 0.199. The molecule has 0 amide bonds. The van der Waals surface area contributed by atoms with Crippen LogP contribution >= 0.6 is 11.5 Å². The first kappa shape index (κ1) is 9.65. The molecule has 0 fully saturated rings. The average Bonchev–Trinajstić information content (AvgIpc) is 2.52. The monoisotopic (exact) mass is 184 g/mol. The summed E-state index contributed by atoms with van der Waals surface area (Å²) >= 11 is 1.54. The van der Waals surface area contributed by atoms with Crippen LogP contribution in [0.5, 0.6) is 0 Å². The Balaban J connectivity index is 2.88. The van der Waals surface area contributed by atoms with Gasteiger partial charge < -0.3 is 0 Å². The van der Waals surface area contributed by atoms with Gasteiger partial charge in [-0.3, -0.25) is 0 Å². The molecule has 0 aliphatic carbocycles. The van der Waals surface area contributed by atoms with E-state index in [0.717, 1.165) is 18.7 Å². The first-order chi connectivity index (χ1) is 5.60. The standard InChI is InChI=1S/C9H16N2S/c1-5-7-10-8(12-11-7)9(3,4)6-2/h5-6H2,1-4H3. The van der Waals surface area contributed by atoms with Gasteiger partial charge in [0.2, 0.25) is 0 Å². The van der Waals surface area contributed by atoms with Gasteiger partial charge >= 0.3 is 0 Å². The van der Waals surface area contributed by atoms with Crippen molar-refractivity contribution >= 4 is 11.5 Å². The molecule has 1 rings (SSSR count). The smallest absolute Gasteiger partial charge is 0.142 e.